The molecule has 0 aromatic carbocycles. The Bertz CT molecular complexity index is 652. The summed E-state index contributed by atoms with van der Waals surface area (Å²) >= 11 is 0. The van der Waals surface area contributed by atoms with Crippen molar-refractivity contribution < 1.29 is 85.3 Å². The number of rotatable bonds is 44. The van der Waals surface area contributed by atoms with Crippen LogP contribution in [0.4, 0.5) is 0 Å². The van der Waals surface area contributed by atoms with Crippen molar-refractivity contribution in [1.82, 2.24) is 0 Å². The standard InChI is InChI=1S/C36H72O18/c1-30(10-45-12-31(14-47-26-51-33(18-37-2)19-38-3)15-48-27-52-34(20-39-4)21-40-5)11-46-13-32(16-49-28-53-35(22-41-6)23-42-7)17-50-29-54-36(24-43-8)25-44-9/h31-36H,1,10-29H2,2-9H3. The van der Waals surface area contributed by atoms with Gasteiger partial charge in [0.1, 0.15) is 51.6 Å². The highest BCUT2D eigenvalue weighted by Gasteiger charge is 2.17. The predicted molar refractivity (Wildman–Crippen MR) is 196 cm³/mol. The van der Waals surface area contributed by atoms with Gasteiger partial charge in [0, 0.05) is 68.7 Å². The van der Waals surface area contributed by atoms with E-state index in [1.807, 2.05) is 0 Å². The molecule has 0 bridgehead atoms. The normalized spacial score (nSPS) is 12.3. The maximum absolute atomic E-state index is 5.98. The number of ether oxygens (including phenoxy) is 18. The molecular formula is C36H72O18. The van der Waals surface area contributed by atoms with E-state index in [1.54, 1.807) is 56.9 Å². The molecule has 0 atom stereocenters. The smallest absolute Gasteiger partial charge is 0.147 e. The van der Waals surface area contributed by atoms with E-state index in [-0.39, 0.29) is 76.6 Å². The molecule has 18 heteroatoms. The van der Waals surface area contributed by atoms with Gasteiger partial charge in [-0.3, -0.25) is 0 Å². The lowest BCUT2D eigenvalue weighted by Gasteiger charge is -2.22. The molecule has 54 heavy (non-hydrogen) atoms. The van der Waals surface area contributed by atoms with Crippen molar-refractivity contribution in [3.8, 4) is 0 Å². The Morgan fingerprint density at radius 1 is 0.315 bits per heavy atom. The lowest BCUT2D eigenvalue weighted by Crippen LogP contribution is -2.29. The maximum atomic E-state index is 5.98. The van der Waals surface area contributed by atoms with Crippen LogP contribution in [0.2, 0.25) is 0 Å². The Labute approximate surface area is 323 Å². The van der Waals surface area contributed by atoms with Gasteiger partial charge in [-0.05, 0) is 5.57 Å². The first kappa shape index (κ1) is 53.0. The molecule has 0 aromatic rings. The average Bonchev–Trinajstić information content (AvgIpc) is 3.15. The Morgan fingerprint density at radius 2 is 0.519 bits per heavy atom. The van der Waals surface area contributed by atoms with Crippen LogP contribution in [0, 0.1) is 11.8 Å². The summed E-state index contributed by atoms with van der Waals surface area (Å²) in [5, 5.41) is 0. The van der Waals surface area contributed by atoms with E-state index >= 15 is 0 Å². The average molecular weight is 793 g/mol. The summed E-state index contributed by atoms with van der Waals surface area (Å²) in [5.41, 5.74) is 0.752. The quantitative estimate of drug-likeness (QED) is 0.0494. The highest BCUT2D eigenvalue weighted by molar-refractivity contribution is 4.94. The SMILES string of the molecule is C=C(COCC(COCOC(COC)COC)COCOC(COC)COC)COCC(COCOC(COC)COC)COCOC(COC)COC. The molecule has 0 saturated carbocycles. The zero-order valence-corrected chi connectivity index (χ0v) is 34.2. The second-order valence-corrected chi connectivity index (χ2v) is 12.3. The van der Waals surface area contributed by atoms with E-state index in [4.69, 9.17) is 85.3 Å². The largest absolute Gasteiger partial charge is 0.382 e. The van der Waals surface area contributed by atoms with Crippen LogP contribution in [0.1, 0.15) is 0 Å². The molecule has 0 heterocycles. The van der Waals surface area contributed by atoms with Gasteiger partial charge in [0.25, 0.3) is 0 Å². The van der Waals surface area contributed by atoms with E-state index in [0.29, 0.717) is 92.5 Å². The fourth-order valence-electron chi connectivity index (χ4n) is 4.57. The Morgan fingerprint density at radius 3 is 0.722 bits per heavy atom. The van der Waals surface area contributed by atoms with Gasteiger partial charge >= 0.3 is 0 Å². The zero-order valence-electron chi connectivity index (χ0n) is 34.2. The molecule has 0 N–H and O–H groups in total. The minimum atomic E-state index is -0.246. The van der Waals surface area contributed by atoms with Gasteiger partial charge in [0.15, 0.2) is 0 Å². The van der Waals surface area contributed by atoms with Crippen LogP contribution < -0.4 is 0 Å². The second kappa shape index (κ2) is 40.2. The monoisotopic (exact) mass is 792 g/mol. The van der Waals surface area contributed by atoms with Crippen molar-refractivity contribution in [3.05, 3.63) is 12.2 Å². The van der Waals surface area contributed by atoms with Crippen LogP contribution in [0.5, 0.6) is 0 Å². The van der Waals surface area contributed by atoms with Crippen LogP contribution in [0.3, 0.4) is 0 Å². The maximum Gasteiger partial charge on any atom is 0.147 e. The molecule has 0 rings (SSSR count). The van der Waals surface area contributed by atoms with Crippen molar-refractivity contribution in [1.29, 1.82) is 0 Å². The van der Waals surface area contributed by atoms with Gasteiger partial charge < -0.3 is 85.3 Å². The van der Waals surface area contributed by atoms with Crippen molar-refractivity contribution in [2.45, 2.75) is 24.4 Å². The summed E-state index contributed by atoms with van der Waals surface area (Å²) < 4.78 is 99.4. The summed E-state index contributed by atoms with van der Waals surface area (Å²) in [5.74, 6) is -0.249. The topological polar surface area (TPSA) is 166 Å². The van der Waals surface area contributed by atoms with Gasteiger partial charge in [-0.1, -0.05) is 6.58 Å². The van der Waals surface area contributed by atoms with Crippen LogP contribution in [0.15, 0.2) is 12.2 Å². The van der Waals surface area contributed by atoms with Crippen LogP contribution in [0.25, 0.3) is 0 Å². The zero-order chi connectivity index (χ0) is 39.9. The molecule has 18 nitrogen and oxygen atoms in total. The lowest BCUT2D eigenvalue weighted by atomic mass is 10.2. The lowest BCUT2D eigenvalue weighted by molar-refractivity contribution is -0.150. The molecule has 0 amide bonds. The molecule has 0 aliphatic rings. The molecule has 0 spiro atoms. The van der Waals surface area contributed by atoms with Crippen LogP contribution in [-0.2, 0) is 85.3 Å². The predicted octanol–water partition coefficient (Wildman–Crippen LogP) is 1.42. The van der Waals surface area contributed by atoms with Crippen LogP contribution in [-0.4, -0.2) is 214 Å². The third kappa shape index (κ3) is 32.1. The molecule has 0 saturated heterocycles. The highest BCUT2D eigenvalue weighted by atomic mass is 16.7. The van der Waals surface area contributed by atoms with Crippen LogP contribution >= 0.6 is 0 Å². The molecule has 0 fully saturated rings. The summed E-state index contributed by atoms with van der Waals surface area (Å²) in [6.45, 7) is 9.93. The van der Waals surface area contributed by atoms with Gasteiger partial charge in [-0.25, -0.2) is 0 Å². The van der Waals surface area contributed by atoms with Crippen molar-refractivity contribution in [2.75, 3.05) is 190 Å². The van der Waals surface area contributed by atoms with E-state index in [1.165, 1.54) is 0 Å². The third-order valence-electron chi connectivity index (χ3n) is 7.10. The Hall–Kier alpha value is -0.980. The number of hydrogen-bond donors (Lipinski definition) is 0. The van der Waals surface area contributed by atoms with Crippen molar-refractivity contribution in [2.24, 2.45) is 11.8 Å². The summed E-state index contributed by atoms with van der Waals surface area (Å²) in [6.07, 6.45) is -0.986. The molecule has 0 radical (unpaired) electrons. The van der Waals surface area contributed by atoms with E-state index in [0.717, 1.165) is 5.57 Å². The van der Waals surface area contributed by atoms with E-state index in [2.05, 4.69) is 6.58 Å². The molecule has 324 valence electrons. The number of hydrogen-bond acceptors (Lipinski definition) is 18. The molecule has 0 aromatic heterocycles. The van der Waals surface area contributed by atoms with E-state index in [9.17, 15) is 0 Å². The first-order valence-corrected chi connectivity index (χ1v) is 17.9. The molecule has 0 aliphatic carbocycles. The second-order valence-electron chi connectivity index (χ2n) is 12.3. The number of methoxy groups -OCH3 is 8. The van der Waals surface area contributed by atoms with Gasteiger partial charge in [-0.2, -0.15) is 0 Å². The summed E-state index contributed by atoms with van der Waals surface area (Å²) in [6, 6.07) is 0. The fourth-order valence-corrected chi connectivity index (χ4v) is 4.57. The minimum Gasteiger partial charge on any atom is -0.382 e. The Balaban J connectivity index is 4.95. The molecule has 0 unspecified atom stereocenters. The molecule has 0 aliphatic heterocycles. The summed E-state index contributed by atoms with van der Waals surface area (Å²) in [4.78, 5) is 0. The first-order valence-electron chi connectivity index (χ1n) is 17.9. The summed E-state index contributed by atoms with van der Waals surface area (Å²) in [7, 11) is 12.8. The first-order chi connectivity index (χ1) is 26.4. The highest BCUT2D eigenvalue weighted by Crippen LogP contribution is 2.08. The van der Waals surface area contributed by atoms with E-state index < -0.39 is 0 Å². The van der Waals surface area contributed by atoms with Crippen molar-refractivity contribution in [3.63, 3.8) is 0 Å². The van der Waals surface area contributed by atoms with Crippen molar-refractivity contribution >= 4 is 0 Å². The fraction of sp³-hybridized carbons (Fsp3) is 0.944. The molecular weight excluding hydrogens is 720 g/mol. The van der Waals surface area contributed by atoms with Gasteiger partial charge in [0.05, 0.1) is 106 Å². The Kier molecular flexibility index (Phi) is 39.5. The van der Waals surface area contributed by atoms with Gasteiger partial charge in [-0.15, -0.1) is 0 Å². The third-order valence-corrected chi connectivity index (χ3v) is 7.10. The van der Waals surface area contributed by atoms with Gasteiger partial charge in [0.2, 0.25) is 0 Å². The minimum absolute atomic E-state index is 0.0588.